The van der Waals surface area contributed by atoms with Crippen molar-refractivity contribution in [1.29, 1.82) is 0 Å². The Balaban J connectivity index is 2.61. The third-order valence-corrected chi connectivity index (χ3v) is 2.85. The SMILES string of the molecule is O=C(O)c1oc(-c2cccc(Br)c2F)nc1C(F)F. The van der Waals surface area contributed by atoms with Crippen molar-refractivity contribution in [2.75, 3.05) is 0 Å². The number of aromatic nitrogens is 1. The first-order chi connectivity index (χ1) is 8.91. The maximum atomic E-state index is 13.7. The number of nitrogens with zero attached hydrogens (tertiary/aromatic N) is 1. The summed E-state index contributed by atoms with van der Waals surface area (Å²) in [6.07, 6.45) is -3.13. The molecule has 2 aromatic rings. The molecule has 0 radical (unpaired) electrons. The normalized spacial score (nSPS) is 11.0. The fraction of sp³-hybridized carbons (Fsp3) is 0.0909. The summed E-state index contributed by atoms with van der Waals surface area (Å²) < 4.78 is 43.8. The maximum absolute atomic E-state index is 13.7. The summed E-state index contributed by atoms with van der Waals surface area (Å²) in [6, 6.07) is 4.08. The van der Waals surface area contributed by atoms with Crippen molar-refractivity contribution in [1.82, 2.24) is 4.98 Å². The monoisotopic (exact) mass is 335 g/mol. The fourth-order valence-electron chi connectivity index (χ4n) is 1.42. The van der Waals surface area contributed by atoms with Crippen LogP contribution in [0.1, 0.15) is 22.7 Å². The number of hydrogen-bond acceptors (Lipinski definition) is 3. The van der Waals surface area contributed by atoms with Gasteiger partial charge in [-0.3, -0.25) is 0 Å². The number of alkyl halides is 2. The molecule has 2 rings (SSSR count). The van der Waals surface area contributed by atoms with Crippen LogP contribution in [0, 0.1) is 5.82 Å². The molecule has 0 fully saturated rings. The molecule has 0 unspecified atom stereocenters. The molecular formula is C11H5BrF3NO3. The highest BCUT2D eigenvalue weighted by atomic mass is 79.9. The van der Waals surface area contributed by atoms with Crippen LogP contribution in [0.2, 0.25) is 0 Å². The molecule has 0 bridgehead atoms. The van der Waals surface area contributed by atoms with E-state index in [-0.39, 0.29) is 10.0 Å². The second kappa shape index (κ2) is 5.04. The molecule has 8 heteroatoms. The lowest BCUT2D eigenvalue weighted by atomic mass is 10.2. The van der Waals surface area contributed by atoms with Gasteiger partial charge in [-0.15, -0.1) is 0 Å². The molecule has 1 aromatic heterocycles. The van der Waals surface area contributed by atoms with E-state index in [0.29, 0.717) is 0 Å². The first-order valence-electron chi connectivity index (χ1n) is 4.88. The first kappa shape index (κ1) is 13.6. The number of oxazole rings is 1. The number of hydrogen-bond donors (Lipinski definition) is 1. The number of halogens is 4. The highest BCUT2D eigenvalue weighted by Gasteiger charge is 2.27. The summed E-state index contributed by atoms with van der Waals surface area (Å²) in [5.41, 5.74) is -1.23. The second-order valence-electron chi connectivity index (χ2n) is 3.44. The van der Waals surface area contributed by atoms with E-state index in [1.807, 2.05) is 0 Å². The smallest absolute Gasteiger partial charge is 0.374 e. The van der Waals surface area contributed by atoms with Crippen LogP contribution >= 0.6 is 15.9 Å². The predicted octanol–water partition coefficient (Wildman–Crippen LogP) is 3.88. The third-order valence-electron chi connectivity index (χ3n) is 2.24. The zero-order valence-electron chi connectivity index (χ0n) is 9.03. The molecule has 0 aliphatic rings. The standard InChI is InChI=1S/C11H5BrF3NO3/c12-5-3-1-2-4(6(5)13)10-16-7(9(14)15)8(19-10)11(17)18/h1-3,9H,(H,17,18). The molecule has 0 spiro atoms. The Morgan fingerprint density at radius 3 is 2.63 bits per heavy atom. The Morgan fingerprint density at radius 1 is 1.42 bits per heavy atom. The zero-order valence-corrected chi connectivity index (χ0v) is 10.6. The largest absolute Gasteiger partial charge is 0.475 e. The summed E-state index contributed by atoms with van der Waals surface area (Å²) in [5.74, 6) is -3.97. The van der Waals surface area contributed by atoms with Gasteiger partial charge in [-0.1, -0.05) is 6.07 Å². The van der Waals surface area contributed by atoms with Crippen molar-refractivity contribution in [2.45, 2.75) is 6.43 Å². The van der Waals surface area contributed by atoms with Gasteiger partial charge in [0.05, 0.1) is 10.0 Å². The Morgan fingerprint density at radius 2 is 2.11 bits per heavy atom. The van der Waals surface area contributed by atoms with Gasteiger partial charge in [0.25, 0.3) is 6.43 Å². The summed E-state index contributed by atoms with van der Waals surface area (Å²) in [7, 11) is 0. The highest BCUT2D eigenvalue weighted by molar-refractivity contribution is 9.10. The lowest BCUT2D eigenvalue weighted by Gasteiger charge is -1.99. The van der Waals surface area contributed by atoms with Crippen LogP contribution < -0.4 is 0 Å². The molecule has 1 N–H and O–H groups in total. The summed E-state index contributed by atoms with van der Waals surface area (Å²) in [5, 5.41) is 8.73. The van der Waals surface area contributed by atoms with Gasteiger partial charge in [-0.05, 0) is 28.1 Å². The minimum atomic E-state index is -3.13. The van der Waals surface area contributed by atoms with E-state index in [0.717, 1.165) is 0 Å². The Hall–Kier alpha value is -1.83. The number of aromatic carboxylic acids is 1. The predicted molar refractivity (Wildman–Crippen MR) is 61.5 cm³/mol. The summed E-state index contributed by atoms with van der Waals surface area (Å²) in [4.78, 5) is 14.1. The Labute approximate surface area is 113 Å². The highest BCUT2D eigenvalue weighted by Crippen LogP contribution is 2.31. The topological polar surface area (TPSA) is 63.3 Å². The molecule has 4 nitrogen and oxygen atoms in total. The average molecular weight is 336 g/mol. The van der Waals surface area contributed by atoms with Gasteiger partial charge >= 0.3 is 5.97 Å². The lowest BCUT2D eigenvalue weighted by molar-refractivity contribution is 0.0646. The van der Waals surface area contributed by atoms with E-state index in [2.05, 4.69) is 20.9 Å². The van der Waals surface area contributed by atoms with Crippen LogP contribution in [0.4, 0.5) is 13.2 Å². The Kier molecular flexibility index (Phi) is 3.61. The van der Waals surface area contributed by atoms with Gasteiger partial charge < -0.3 is 9.52 Å². The van der Waals surface area contributed by atoms with E-state index in [1.165, 1.54) is 18.2 Å². The molecule has 100 valence electrons. The molecule has 0 aliphatic carbocycles. The van der Waals surface area contributed by atoms with Crippen molar-refractivity contribution in [3.8, 4) is 11.5 Å². The van der Waals surface area contributed by atoms with E-state index in [9.17, 15) is 18.0 Å². The van der Waals surface area contributed by atoms with Gasteiger partial charge in [-0.25, -0.2) is 22.9 Å². The lowest BCUT2D eigenvalue weighted by Crippen LogP contribution is -1.99. The molecule has 0 atom stereocenters. The van der Waals surface area contributed by atoms with Crippen LogP contribution in [0.5, 0.6) is 0 Å². The molecule has 1 aromatic carbocycles. The number of carboxylic acid groups (broad SMARTS) is 1. The average Bonchev–Trinajstić information content (AvgIpc) is 2.77. The molecule has 0 amide bonds. The minimum absolute atomic E-state index is 0.0821. The second-order valence-corrected chi connectivity index (χ2v) is 4.29. The van der Waals surface area contributed by atoms with Crippen LogP contribution in [0.15, 0.2) is 27.1 Å². The fourth-order valence-corrected chi connectivity index (χ4v) is 1.78. The van der Waals surface area contributed by atoms with Crippen LogP contribution in [0.25, 0.3) is 11.5 Å². The van der Waals surface area contributed by atoms with E-state index >= 15 is 0 Å². The van der Waals surface area contributed by atoms with Gasteiger partial charge in [0, 0.05) is 0 Å². The number of carboxylic acids is 1. The minimum Gasteiger partial charge on any atom is -0.475 e. The van der Waals surface area contributed by atoms with Crippen LogP contribution in [0.3, 0.4) is 0 Å². The summed E-state index contributed by atoms with van der Waals surface area (Å²) >= 11 is 2.92. The van der Waals surface area contributed by atoms with Gasteiger partial charge in [-0.2, -0.15) is 0 Å². The molecule has 0 saturated heterocycles. The van der Waals surface area contributed by atoms with Gasteiger partial charge in [0.2, 0.25) is 11.7 Å². The van der Waals surface area contributed by atoms with Crippen molar-refractivity contribution in [3.63, 3.8) is 0 Å². The molecule has 0 saturated carbocycles. The van der Waals surface area contributed by atoms with Crippen molar-refractivity contribution in [2.24, 2.45) is 0 Å². The van der Waals surface area contributed by atoms with Crippen LogP contribution in [-0.4, -0.2) is 16.1 Å². The van der Waals surface area contributed by atoms with E-state index in [1.54, 1.807) is 0 Å². The van der Waals surface area contributed by atoms with Crippen molar-refractivity contribution in [3.05, 3.63) is 39.9 Å². The number of carbonyl (C=O) groups is 1. The Bertz CT molecular complexity index is 642. The molecular weight excluding hydrogens is 331 g/mol. The number of benzene rings is 1. The van der Waals surface area contributed by atoms with Crippen molar-refractivity contribution < 1.29 is 27.5 Å². The molecule has 19 heavy (non-hydrogen) atoms. The molecule has 1 heterocycles. The zero-order chi connectivity index (χ0) is 14.2. The third kappa shape index (κ3) is 2.48. The van der Waals surface area contributed by atoms with Gasteiger partial charge in [0.15, 0.2) is 5.69 Å². The van der Waals surface area contributed by atoms with E-state index in [4.69, 9.17) is 9.52 Å². The van der Waals surface area contributed by atoms with Crippen LogP contribution in [-0.2, 0) is 0 Å². The first-order valence-corrected chi connectivity index (χ1v) is 5.67. The van der Waals surface area contributed by atoms with E-state index < -0.39 is 35.6 Å². The quantitative estimate of drug-likeness (QED) is 0.924. The molecule has 0 aliphatic heterocycles. The van der Waals surface area contributed by atoms with Crippen molar-refractivity contribution >= 4 is 21.9 Å². The van der Waals surface area contributed by atoms with Gasteiger partial charge in [0.1, 0.15) is 5.82 Å². The number of rotatable bonds is 3. The maximum Gasteiger partial charge on any atom is 0.374 e. The summed E-state index contributed by atoms with van der Waals surface area (Å²) in [6.45, 7) is 0.